The van der Waals surface area contributed by atoms with Gasteiger partial charge in [0, 0.05) is 30.2 Å². The zero-order valence-corrected chi connectivity index (χ0v) is 21.6. The van der Waals surface area contributed by atoms with Crippen molar-refractivity contribution in [3.63, 3.8) is 0 Å². The normalized spacial score (nSPS) is 14.1. The van der Waals surface area contributed by atoms with Gasteiger partial charge in [-0.15, -0.1) is 0 Å². The molecule has 0 bridgehead atoms. The maximum atomic E-state index is 12.4. The molecule has 2 aromatic carbocycles. The number of benzene rings is 2. The van der Waals surface area contributed by atoms with Crippen molar-refractivity contribution >= 4 is 45.2 Å². The highest BCUT2D eigenvalue weighted by molar-refractivity contribution is 5.93. The average molecular weight is 508 g/mol. The summed E-state index contributed by atoms with van der Waals surface area (Å²) in [7, 11) is 0. The third kappa shape index (κ3) is 4.70. The minimum Gasteiger partial charge on any atom is -0.444 e. The molecule has 0 atom stereocenters. The van der Waals surface area contributed by atoms with Crippen molar-refractivity contribution in [1.29, 1.82) is 0 Å². The number of ether oxygens (including phenoxy) is 1. The molecule has 1 amide bonds. The molecule has 0 saturated heterocycles. The molecule has 1 aliphatic heterocycles. The molecule has 192 valence electrons. The fourth-order valence-corrected chi connectivity index (χ4v) is 4.64. The number of carbonyl (C=O) groups excluding carboxylic acids is 1. The van der Waals surface area contributed by atoms with Gasteiger partial charge >= 0.3 is 6.09 Å². The number of aromatic nitrogens is 5. The number of fused-ring (bicyclic) bond motifs is 2. The summed E-state index contributed by atoms with van der Waals surface area (Å²) in [5.74, 6) is 0.717. The molecule has 0 unspecified atom stereocenters. The van der Waals surface area contributed by atoms with Crippen LogP contribution in [-0.2, 0) is 4.74 Å². The largest absolute Gasteiger partial charge is 0.444 e. The summed E-state index contributed by atoms with van der Waals surface area (Å²) in [5, 5.41) is 4.36. The van der Waals surface area contributed by atoms with Gasteiger partial charge in [-0.25, -0.2) is 19.7 Å². The minimum atomic E-state index is -0.508. The van der Waals surface area contributed by atoms with E-state index in [0.29, 0.717) is 13.1 Å². The van der Waals surface area contributed by atoms with Crippen LogP contribution in [0, 0.1) is 0 Å². The molecule has 6 rings (SSSR count). The Morgan fingerprint density at radius 1 is 1.05 bits per heavy atom. The van der Waals surface area contributed by atoms with E-state index in [1.165, 1.54) is 0 Å². The Bertz CT molecular complexity index is 1660. The highest BCUT2D eigenvalue weighted by atomic mass is 16.6. The number of H-pyrrole nitrogens is 1. The number of imidazole rings is 1. The highest BCUT2D eigenvalue weighted by Crippen LogP contribution is 2.30. The molecular weight excluding hydrogens is 478 g/mol. The SMILES string of the molecule is CC(C)(C)OC(=O)N1CC=C(c2cc3c(Nc4ccc5ncn(-c6ccccc6)c5c4)ncnc3[nH]2)CC1. The summed E-state index contributed by atoms with van der Waals surface area (Å²) in [4.78, 5) is 31.1. The van der Waals surface area contributed by atoms with Crippen molar-refractivity contribution in [3.05, 3.63) is 79.0 Å². The topological polar surface area (TPSA) is 101 Å². The number of amides is 1. The standard InChI is InChI=1S/C29H29N7O2/c1-29(2,3)38-28(37)35-13-11-19(12-14-35)24-16-22-26(30-17-31-27(22)34-24)33-20-9-10-23-25(15-20)36(18-32-23)21-7-5-4-6-8-21/h4-11,15-18H,12-14H2,1-3H3,(H2,30,31,33,34). The molecule has 9 heteroatoms. The number of aromatic amines is 1. The number of anilines is 2. The summed E-state index contributed by atoms with van der Waals surface area (Å²) in [6.07, 6.45) is 5.90. The van der Waals surface area contributed by atoms with Gasteiger partial charge in [0.25, 0.3) is 0 Å². The van der Waals surface area contributed by atoms with Gasteiger partial charge in [-0.3, -0.25) is 4.57 Å². The lowest BCUT2D eigenvalue weighted by atomic mass is 10.1. The first-order valence-electron chi connectivity index (χ1n) is 12.6. The first-order valence-corrected chi connectivity index (χ1v) is 12.6. The van der Waals surface area contributed by atoms with Crippen LogP contribution in [0.15, 0.2) is 73.3 Å². The van der Waals surface area contributed by atoms with Gasteiger partial charge in [0.15, 0.2) is 0 Å². The molecule has 0 spiro atoms. The van der Waals surface area contributed by atoms with Gasteiger partial charge in [-0.2, -0.15) is 0 Å². The van der Waals surface area contributed by atoms with E-state index < -0.39 is 5.60 Å². The van der Waals surface area contributed by atoms with Crippen LogP contribution in [0.3, 0.4) is 0 Å². The highest BCUT2D eigenvalue weighted by Gasteiger charge is 2.24. The molecule has 4 heterocycles. The summed E-state index contributed by atoms with van der Waals surface area (Å²) < 4.78 is 7.58. The number of hydrogen-bond donors (Lipinski definition) is 2. The molecule has 0 fully saturated rings. The molecule has 3 aromatic heterocycles. The minimum absolute atomic E-state index is 0.285. The zero-order valence-electron chi connectivity index (χ0n) is 21.6. The molecule has 5 aromatic rings. The first kappa shape index (κ1) is 23.7. The van der Waals surface area contributed by atoms with Crippen molar-refractivity contribution in [2.45, 2.75) is 32.8 Å². The van der Waals surface area contributed by atoms with Gasteiger partial charge < -0.3 is 19.9 Å². The number of nitrogens with zero attached hydrogens (tertiary/aromatic N) is 5. The van der Waals surface area contributed by atoms with Crippen molar-refractivity contribution in [2.24, 2.45) is 0 Å². The Morgan fingerprint density at radius 3 is 2.66 bits per heavy atom. The van der Waals surface area contributed by atoms with Crippen LogP contribution in [0.2, 0.25) is 0 Å². The van der Waals surface area contributed by atoms with E-state index in [-0.39, 0.29) is 6.09 Å². The monoisotopic (exact) mass is 507 g/mol. The van der Waals surface area contributed by atoms with Crippen molar-refractivity contribution < 1.29 is 9.53 Å². The Kier molecular flexibility index (Phi) is 5.83. The third-order valence-corrected chi connectivity index (χ3v) is 6.48. The number of rotatable bonds is 4. The lowest BCUT2D eigenvalue weighted by Gasteiger charge is -2.29. The number of nitrogens with one attached hydrogen (secondary N) is 2. The lowest BCUT2D eigenvalue weighted by Crippen LogP contribution is -2.39. The summed E-state index contributed by atoms with van der Waals surface area (Å²) in [6, 6.07) is 18.3. The van der Waals surface area contributed by atoms with Crippen LogP contribution in [0.4, 0.5) is 16.3 Å². The van der Waals surface area contributed by atoms with Crippen LogP contribution >= 0.6 is 0 Å². The summed E-state index contributed by atoms with van der Waals surface area (Å²) in [6.45, 7) is 6.74. The fraction of sp³-hybridized carbons (Fsp3) is 0.241. The molecule has 0 aliphatic carbocycles. The zero-order chi connectivity index (χ0) is 26.3. The van der Waals surface area contributed by atoms with Crippen molar-refractivity contribution in [2.75, 3.05) is 18.4 Å². The predicted octanol–water partition coefficient (Wildman–Crippen LogP) is 6.06. The maximum Gasteiger partial charge on any atom is 0.410 e. The third-order valence-electron chi connectivity index (χ3n) is 6.48. The molecule has 38 heavy (non-hydrogen) atoms. The second-order valence-corrected chi connectivity index (χ2v) is 10.4. The molecule has 0 saturated carbocycles. The van der Waals surface area contributed by atoms with Crippen molar-refractivity contribution in [1.82, 2.24) is 29.4 Å². The van der Waals surface area contributed by atoms with Gasteiger partial charge in [-0.1, -0.05) is 24.3 Å². The molecule has 1 aliphatic rings. The van der Waals surface area contributed by atoms with E-state index in [1.54, 1.807) is 11.2 Å². The Labute approximate surface area is 220 Å². The lowest BCUT2D eigenvalue weighted by molar-refractivity contribution is 0.0270. The number of carbonyl (C=O) groups is 1. The summed E-state index contributed by atoms with van der Waals surface area (Å²) in [5.41, 5.74) is 6.24. The Hall–Kier alpha value is -4.66. The molecular formula is C29H29N7O2. The molecule has 9 nitrogen and oxygen atoms in total. The van der Waals surface area contributed by atoms with Crippen LogP contribution < -0.4 is 5.32 Å². The van der Waals surface area contributed by atoms with Gasteiger partial charge in [-0.05, 0) is 69.2 Å². The Balaban J connectivity index is 1.25. The molecule has 2 N–H and O–H groups in total. The van der Waals surface area contributed by atoms with Gasteiger partial charge in [0.05, 0.1) is 16.4 Å². The fourth-order valence-electron chi connectivity index (χ4n) is 4.64. The molecule has 0 radical (unpaired) electrons. The van der Waals surface area contributed by atoms with Gasteiger partial charge in [0.2, 0.25) is 0 Å². The van der Waals surface area contributed by atoms with E-state index in [1.807, 2.05) is 57.4 Å². The van der Waals surface area contributed by atoms with Gasteiger partial charge in [0.1, 0.15) is 29.7 Å². The van der Waals surface area contributed by atoms with E-state index in [2.05, 4.69) is 60.2 Å². The van der Waals surface area contributed by atoms with E-state index in [4.69, 9.17) is 4.74 Å². The Morgan fingerprint density at radius 2 is 1.89 bits per heavy atom. The van der Waals surface area contributed by atoms with Crippen LogP contribution in [0.25, 0.3) is 33.3 Å². The average Bonchev–Trinajstić information content (AvgIpc) is 3.53. The quantitative estimate of drug-likeness (QED) is 0.306. The van der Waals surface area contributed by atoms with E-state index >= 15 is 0 Å². The van der Waals surface area contributed by atoms with E-state index in [0.717, 1.165) is 56.9 Å². The number of para-hydroxylation sites is 1. The number of hydrogen-bond acceptors (Lipinski definition) is 6. The first-order chi connectivity index (χ1) is 18.3. The second-order valence-electron chi connectivity index (χ2n) is 10.4. The van der Waals surface area contributed by atoms with Crippen LogP contribution in [0.5, 0.6) is 0 Å². The summed E-state index contributed by atoms with van der Waals surface area (Å²) >= 11 is 0. The smallest absolute Gasteiger partial charge is 0.410 e. The maximum absolute atomic E-state index is 12.4. The predicted molar refractivity (Wildman–Crippen MR) is 149 cm³/mol. The van der Waals surface area contributed by atoms with Crippen molar-refractivity contribution in [3.8, 4) is 5.69 Å². The van der Waals surface area contributed by atoms with E-state index in [9.17, 15) is 4.79 Å². The second kappa shape index (κ2) is 9.33. The van der Waals surface area contributed by atoms with Crippen LogP contribution in [0.1, 0.15) is 32.9 Å². The van der Waals surface area contributed by atoms with Crippen LogP contribution in [-0.4, -0.2) is 54.2 Å².